The van der Waals surface area contributed by atoms with Crippen molar-refractivity contribution in [1.29, 1.82) is 0 Å². The van der Waals surface area contributed by atoms with Gasteiger partial charge >= 0.3 is 5.97 Å². The van der Waals surface area contributed by atoms with Crippen LogP contribution < -0.4 is 0 Å². The van der Waals surface area contributed by atoms with E-state index in [1.165, 1.54) is 6.20 Å². The van der Waals surface area contributed by atoms with Gasteiger partial charge in [-0.05, 0) is 32.0 Å². The molecular formula is C18H17NO4S. The van der Waals surface area contributed by atoms with Crippen LogP contribution in [0.5, 0.6) is 0 Å². The summed E-state index contributed by atoms with van der Waals surface area (Å²) in [6.07, 6.45) is 1.33. The van der Waals surface area contributed by atoms with Crippen molar-refractivity contribution < 1.29 is 17.9 Å². The molecule has 1 aromatic heterocycles. The van der Waals surface area contributed by atoms with Gasteiger partial charge in [0.15, 0.2) is 0 Å². The number of fused-ring (bicyclic) bond motifs is 1. The monoisotopic (exact) mass is 343 g/mol. The lowest BCUT2D eigenvalue weighted by Gasteiger charge is -2.07. The van der Waals surface area contributed by atoms with Crippen LogP contribution >= 0.6 is 0 Å². The molecule has 24 heavy (non-hydrogen) atoms. The third-order valence-corrected chi connectivity index (χ3v) is 5.44. The molecule has 124 valence electrons. The number of carbonyl (C=O) groups excluding carboxylic acids is 1. The zero-order valence-electron chi connectivity index (χ0n) is 13.4. The van der Waals surface area contributed by atoms with Crippen molar-refractivity contribution in [1.82, 2.24) is 3.97 Å². The van der Waals surface area contributed by atoms with Crippen LogP contribution in [0.25, 0.3) is 10.9 Å². The first-order chi connectivity index (χ1) is 11.4. The van der Waals surface area contributed by atoms with Crippen molar-refractivity contribution in [3.05, 3.63) is 65.9 Å². The quantitative estimate of drug-likeness (QED) is 0.681. The Morgan fingerprint density at radius 2 is 1.75 bits per heavy atom. The SMILES string of the molecule is CCOC(=O)c1cn(S(=O)(=O)c2ccc(C)cc2)c2ccccc12. The van der Waals surface area contributed by atoms with Crippen LogP contribution in [-0.2, 0) is 14.8 Å². The van der Waals surface area contributed by atoms with E-state index in [1.807, 2.05) is 6.92 Å². The van der Waals surface area contributed by atoms with E-state index in [2.05, 4.69) is 0 Å². The minimum Gasteiger partial charge on any atom is -0.462 e. The number of ether oxygens (including phenoxy) is 1. The van der Waals surface area contributed by atoms with Crippen molar-refractivity contribution in [3.8, 4) is 0 Å². The number of benzene rings is 2. The second-order valence-corrected chi connectivity index (χ2v) is 7.21. The molecule has 0 unspecified atom stereocenters. The fourth-order valence-corrected chi connectivity index (χ4v) is 3.91. The molecule has 1 heterocycles. The van der Waals surface area contributed by atoms with E-state index in [1.54, 1.807) is 55.5 Å². The van der Waals surface area contributed by atoms with Crippen molar-refractivity contribution in [2.45, 2.75) is 18.7 Å². The van der Waals surface area contributed by atoms with Gasteiger partial charge in [-0.25, -0.2) is 17.2 Å². The molecule has 0 saturated heterocycles. The second kappa shape index (κ2) is 6.13. The predicted octanol–water partition coefficient (Wildman–Crippen LogP) is 3.36. The minimum absolute atomic E-state index is 0.171. The highest BCUT2D eigenvalue weighted by atomic mass is 32.2. The Morgan fingerprint density at radius 3 is 2.42 bits per heavy atom. The average Bonchev–Trinajstić information content (AvgIpc) is 2.96. The third-order valence-electron chi connectivity index (χ3n) is 3.75. The number of aromatic nitrogens is 1. The van der Waals surface area contributed by atoms with Crippen LogP contribution in [0, 0.1) is 6.92 Å². The summed E-state index contributed by atoms with van der Waals surface area (Å²) in [5.74, 6) is -0.536. The van der Waals surface area contributed by atoms with Crippen LogP contribution in [0.15, 0.2) is 59.6 Å². The molecule has 0 aliphatic heterocycles. The second-order valence-electron chi connectivity index (χ2n) is 5.39. The Balaban J connectivity index is 2.23. The smallest absolute Gasteiger partial charge is 0.340 e. The minimum atomic E-state index is -3.80. The number of aryl methyl sites for hydroxylation is 1. The van der Waals surface area contributed by atoms with Crippen molar-refractivity contribution in [3.63, 3.8) is 0 Å². The van der Waals surface area contributed by atoms with Crippen molar-refractivity contribution in [2.24, 2.45) is 0 Å². The number of para-hydroxylation sites is 1. The Labute approximate surface area is 140 Å². The number of rotatable bonds is 4. The Hall–Kier alpha value is -2.60. The molecule has 5 nitrogen and oxygen atoms in total. The van der Waals surface area contributed by atoms with Gasteiger partial charge in [-0.15, -0.1) is 0 Å². The lowest BCUT2D eigenvalue weighted by molar-refractivity contribution is 0.0528. The summed E-state index contributed by atoms with van der Waals surface area (Å²) in [6, 6.07) is 13.5. The van der Waals surface area contributed by atoms with Crippen LogP contribution in [0.3, 0.4) is 0 Å². The van der Waals surface area contributed by atoms with Gasteiger partial charge in [0.25, 0.3) is 10.0 Å². The number of hydrogen-bond donors (Lipinski definition) is 0. The maximum Gasteiger partial charge on any atom is 0.340 e. The molecule has 0 atom stereocenters. The van der Waals surface area contributed by atoms with Gasteiger partial charge in [-0.1, -0.05) is 35.9 Å². The standard InChI is InChI=1S/C18H17NO4S/c1-3-23-18(20)16-12-19(17-7-5-4-6-15(16)17)24(21,22)14-10-8-13(2)9-11-14/h4-12H,3H2,1-2H3. The molecule has 6 heteroatoms. The van der Waals surface area contributed by atoms with Crippen LogP contribution in [0.2, 0.25) is 0 Å². The third kappa shape index (κ3) is 2.69. The van der Waals surface area contributed by atoms with Gasteiger partial charge in [0.1, 0.15) is 0 Å². The largest absolute Gasteiger partial charge is 0.462 e. The highest BCUT2D eigenvalue weighted by Gasteiger charge is 2.23. The topological polar surface area (TPSA) is 65.4 Å². The van der Waals surface area contributed by atoms with Crippen molar-refractivity contribution in [2.75, 3.05) is 6.61 Å². The van der Waals surface area contributed by atoms with Crippen LogP contribution in [0.1, 0.15) is 22.8 Å². The maximum absolute atomic E-state index is 13.0. The van der Waals surface area contributed by atoms with Gasteiger partial charge in [-0.2, -0.15) is 0 Å². The molecule has 0 spiro atoms. The summed E-state index contributed by atoms with van der Waals surface area (Å²) in [5.41, 5.74) is 1.66. The van der Waals surface area contributed by atoms with Crippen LogP contribution in [-0.4, -0.2) is 25.0 Å². The van der Waals surface area contributed by atoms with E-state index in [4.69, 9.17) is 4.74 Å². The lowest BCUT2D eigenvalue weighted by Crippen LogP contribution is -2.12. The average molecular weight is 343 g/mol. The van der Waals surface area contributed by atoms with E-state index in [0.717, 1.165) is 9.54 Å². The molecule has 0 N–H and O–H groups in total. The van der Waals surface area contributed by atoms with Gasteiger partial charge in [-0.3, -0.25) is 0 Å². The number of esters is 1. The summed E-state index contributed by atoms with van der Waals surface area (Å²) < 4.78 is 32.1. The summed E-state index contributed by atoms with van der Waals surface area (Å²) in [6.45, 7) is 3.82. The molecule has 0 amide bonds. The normalized spacial score (nSPS) is 11.6. The van der Waals surface area contributed by atoms with E-state index in [9.17, 15) is 13.2 Å². The maximum atomic E-state index is 13.0. The zero-order valence-corrected chi connectivity index (χ0v) is 14.2. The van der Waals surface area contributed by atoms with Gasteiger partial charge in [0.05, 0.1) is 22.6 Å². The molecule has 0 saturated carbocycles. The first kappa shape index (κ1) is 16.3. The Bertz CT molecular complexity index is 1000. The lowest BCUT2D eigenvalue weighted by atomic mass is 10.2. The molecule has 0 aliphatic rings. The number of hydrogen-bond acceptors (Lipinski definition) is 4. The molecule has 0 aliphatic carbocycles. The Morgan fingerprint density at radius 1 is 1.08 bits per heavy atom. The summed E-state index contributed by atoms with van der Waals surface area (Å²) in [4.78, 5) is 12.3. The predicted molar refractivity (Wildman–Crippen MR) is 91.7 cm³/mol. The van der Waals surface area contributed by atoms with Crippen molar-refractivity contribution >= 4 is 26.9 Å². The van der Waals surface area contributed by atoms with E-state index < -0.39 is 16.0 Å². The molecule has 2 aromatic carbocycles. The fraction of sp³-hybridized carbons (Fsp3) is 0.167. The summed E-state index contributed by atoms with van der Waals surface area (Å²) in [5, 5.41) is 0.548. The van der Waals surface area contributed by atoms with Crippen LogP contribution in [0.4, 0.5) is 0 Å². The summed E-state index contributed by atoms with van der Waals surface area (Å²) >= 11 is 0. The first-order valence-electron chi connectivity index (χ1n) is 7.54. The van der Waals surface area contributed by atoms with E-state index in [0.29, 0.717) is 10.9 Å². The zero-order chi connectivity index (χ0) is 17.3. The number of nitrogens with zero attached hydrogens (tertiary/aromatic N) is 1. The molecule has 3 aromatic rings. The molecule has 0 bridgehead atoms. The fourth-order valence-electron chi connectivity index (χ4n) is 2.54. The van der Waals surface area contributed by atoms with Gasteiger partial charge < -0.3 is 4.74 Å². The molecule has 0 fully saturated rings. The van der Waals surface area contributed by atoms with Gasteiger partial charge in [0.2, 0.25) is 0 Å². The molecule has 0 radical (unpaired) electrons. The first-order valence-corrected chi connectivity index (χ1v) is 8.98. The molecule has 3 rings (SSSR count). The molecular weight excluding hydrogens is 326 g/mol. The highest BCUT2D eigenvalue weighted by Crippen LogP contribution is 2.26. The highest BCUT2D eigenvalue weighted by molar-refractivity contribution is 7.90. The van der Waals surface area contributed by atoms with Gasteiger partial charge in [0, 0.05) is 11.6 Å². The summed E-state index contributed by atoms with van der Waals surface area (Å²) in [7, 11) is -3.80. The Kier molecular flexibility index (Phi) is 4.15. The number of carbonyl (C=O) groups is 1. The van der Waals surface area contributed by atoms with E-state index in [-0.39, 0.29) is 17.1 Å². The van der Waals surface area contributed by atoms with E-state index >= 15 is 0 Å².